The van der Waals surface area contributed by atoms with Gasteiger partial charge in [-0.05, 0) is 23.1 Å². The molecule has 0 aromatic heterocycles. The first kappa shape index (κ1) is 23.6. The van der Waals surface area contributed by atoms with Crippen LogP contribution < -0.4 is 5.32 Å². The Morgan fingerprint density at radius 1 is 1.21 bits per heavy atom. The van der Waals surface area contributed by atoms with E-state index in [0.29, 0.717) is 16.2 Å². The number of carboxylic acid groups (broad SMARTS) is 2. The number of β-lactam (4-membered cyclic amide) rings is 1. The van der Waals surface area contributed by atoms with E-state index in [1.54, 1.807) is 24.5 Å². The Morgan fingerprint density at radius 3 is 2.62 bits per heavy atom. The van der Waals surface area contributed by atoms with Crippen LogP contribution in [0.5, 0.6) is 0 Å². The molecule has 4 rings (SSSR count). The van der Waals surface area contributed by atoms with E-state index in [-0.39, 0.29) is 11.4 Å². The summed E-state index contributed by atoms with van der Waals surface area (Å²) in [5.41, 5.74) is 0.107. The van der Waals surface area contributed by atoms with Gasteiger partial charge in [-0.25, -0.2) is 9.59 Å². The van der Waals surface area contributed by atoms with Crippen molar-refractivity contribution in [2.24, 2.45) is 5.16 Å². The highest BCUT2D eigenvalue weighted by atomic mass is 32.2. The number of aliphatic carboxylic acids is 2. The average Bonchev–Trinajstić information content (AvgIpc) is 2.83. The number of nitrogens with zero attached hydrogens (tertiary/aromatic N) is 2. The Hall–Kier alpha value is -3.51. The summed E-state index contributed by atoms with van der Waals surface area (Å²) in [6.07, 6.45) is 1.74. The van der Waals surface area contributed by atoms with E-state index in [0.717, 1.165) is 10.8 Å². The molecule has 10 nitrogen and oxygen atoms in total. The van der Waals surface area contributed by atoms with Gasteiger partial charge in [0.15, 0.2) is 5.71 Å². The van der Waals surface area contributed by atoms with Gasteiger partial charge < -0.3 is 20.4 Å². The molecule has 2 aliphatic heterocycles. The number of benzene rings is 2. The Morgan fingerprint density at radius 2 is 1.94 bits per heavy atom. The van der Waals surface area contributed by atoms with Gasteiger partial charge >= 0.3 is 11.9 Å². The highest BCUT2D eigenvalue weighted by Gasteiger charge is 2.54. The van der Waals surface area contributed by atoms with Gasteiger partial charge in [0.25, 0.3) is 11.8 Å². The quantitative estimate of drug-likeness (QED) is 0.279. The number of nitrogens with one attached hydrogen (secondary N) is 1. The predicted molar refractivity (Wildman–Crippen MR) is 127 cm³/mol. The minimum atomic E-state index is -1.26. The van der Waals surface area contributed by atoms with E-state index in [1.165, 1.54) is 28.4 Å². The molecule has 176 valence electrons. The van der Waals surface area contributed by atoms with Gasteiger partial charge in [0, 0.05) is 16.2 Å². The van der Waals surface area contributed by atoms with E-state index in [4.69, 9.17) is 9.94 Å². The molecule has 0 aliphatic carbocycles. The first-order valence-electron chi connectivity index (χ1n) is 9.98. The molecule has 0 bridgehead atoms. The van der Waals surface area contributed by atoms with E-state index < -0.39 is 41.8 Å². The zero-order valence-electron chi connectivity index (χ0n) is 17.8. The predicted octanol–water partition coefficient (Wildman–Crippen LogP) is 1.70. The number of amides is 2. The zero-order valence-corrected chi connectivity index (χ0v) is 19.4. The molecular formula is C22H19N3O7S2. The smallest absolute Gasteiger partial charge is 0.353 e. The van der Waals surface area contributed by atoms with Crippen molar-refractivity contribution < 1.29 is 34.2 Å². The third-order valence-corrected chi connectivity index (χ3v) is 7.54. The zero-order chi connectivity index (χ0) is 24.4. The summed E-state index contributed by atoms with van der Waals surface area (Å²) in [6, 6.07) is 11.6. The molecule has 2 aromatic rings. The summed E-state index contributed by atoms with van der Waals surface area (Å²) < 4.78 is 0. The second-order valence-electron chi connectivity index (χ2n) is 7.31. The van der Waals surface area contributed by atoms with Gasteiger partial charge in [-0.2, -0.15) is 0 Å². The van der Waals surface area contributed by atoms with Crippen LogP contribution in [0.1, 0.15) is 5.56 Å². The van der Waals surface area contributed by atoms with Crippen molar-refractivity contribution in [3.8, 4) is 0 Å². The van der Waals surface area contributed by atoms with Crippen molar-refractivity contribution in [2.45, 2.75) is 11.4 Å². The molecule has 0 saturated carbocycles. The molecule has 3 N–H and O–H groups in total. The number of oxime groups is 1. The van der Waals surface area contributed by atoms with Crippen LogP contribution in [-0.4, -0.2) is 74.6 Å². The summed E-state index contributed by atoms with van der Waals surface area (Å²) >= 11 is 2.62. The van der Waals surface area contributed by atoms with Gasteiger partial charge in [-0.1, -0.05) is 41.6 Å². The molecule has 1 saturated heterocycles. The fourth-order valence-electron chi connectivity index (χ4n) is 3.67. The average molecular weight is 502 g/mol. The van der Waals surface area contributed by atoms with Gasteiger partial charge in [0.2, 0.25) is 6.61 Å². The fourth-order valence-corrected chi connectivity index (χ4v) is 5.92. The van der Waals surface area contributed by atoms with Crippen LogP contribution in [-0.2, 0) is 24.0 Å². The number of carbonyl (C=O) groups excluding carboxylic acids is 2. The molecule has 34 heavy (non-hydrogen) atoms. The Bertz CT molecular complexity index is 1260. The van der Waals surface area contributed by atoms with E-state index in [2.05, 4.69) is 10.5 Å². The molecule has 2 atom stereocenters. The number of rotatable bonds is 8. The van der Waals surface area contributed by atoms with Crippen LogP contribution in [0.25, 0.3) is 10.8 Å². The van der Waals surface area contributed by atoms with Crippen molar-refractivity contribution in [1.29, 1.82) is 0 Å². The number of carboxylic acids is 2. The summed E-state index contributed by atoms with van der Waals surface area (Å²) in [7, 11) is 0. The summed E-state index contributed by atoms with van der Waals surface area (Å²) in [6.45, 7) is -0.747. The Balaban J connectivity index is 1.59. The van der Waals surface area contributed by atoms with Crippen LogP contribution in [0.4, 0.5) is 0 Å². The second-order valence-corrected chi connectivity index (χ2v) is 9.32. The number of thioether (sulfide) groups is 2. The maximum absolute atomic E-state index is 13.1. The first-order chi connectivity index (χ1) is 16.3. The molecule has 2 amide bonds. The molecule has 2 aliphatic rings. The van der Waals surface area contributed by atoms with E-state index >= 15 is 0 Å². The molecule has 1 fully saturated rings. The van der Waals surface area contributed by atoms with Crippen molar-refractivity contribution in [3.05, 3.63) is 58.6 Å². The van der Waals surface area contributed by atoms with Crippen LogP contribution in [0, 0.1) is 0 Å². The lowest BCUT2D eigenvalue weighted by atomic mass is 10.0. The number of carbonyl (C=O) groups is 4. The Labute approximate surface area is 202 Å². The number of fused-ring (bicyclic) bond motifs is 2. The van der Waals surface area contributed by atoms with Gasteiger partial charge in [0.1, 0.15) is 17.1 Å². The summed E-state index contributed by atoms with van der Waals surface area (Å²) in [5, 5.41) is 25.9. The lowest BCUT2D eigenvalue weighted by Gasteiger charge is -2.49. The molecule has 12 heteroatoms. The maximum Gasteiger partial charge on any atom is 0.353 e. The largest absolute Gasteiger partial charge is 0.479 e. The minimum Gasteiger partial charge on any atom is -0.479 e. The topological polar surface area (TPSA) is 146 Å². The van der Waals surface area contributed by atoms with Crippen molar-refractivity contribution in [1.82, 2.24) is 10.2 Å². The lowest BCUT2D eigenvalue weighted by Crippen LogP contribution is -2.71. The van der Waals surface area contributed by atoms with Crippen LogP contribution in [0.15, 0.2) is 58.2 Å². The molecule has 1 unspecified atom stereocenters. The van der Waals surface area contributed by atoms with E-state index in [9.17, 15) is 24.3 Å². The van der Waals surface area contributed by atoms with Gasteiger partial charge in [-0.3, -0.25) is 14.5 Å². The minimum absolute atomic E-state index is 0.0695. The SMILES string of the molecule is CSC1=C(C(=O)O)N2C(=O)C(NC(=O)/C(=N\OCC(=O)O)c3ccc4ccccc4c3)[C@H]2SC1. The lowest BCUT2D eigenvalue weighted by molar-refractivity contribution is -0.150. The van der Waals surface area contributed by atoms with Gasteiger partial charge in [0.05, 0.1) is 0 Å². The fraction of sp³-hybridized carbons (Fsp3) is 0.227. The molecular weight excluding hydrogens is 482 g/mol. The van der Waals surface area contributed by atoms with Crippen LogP contribution >= 0.6 is 23.5 Å². The summed E-state index contributed by atoms with van der Waals surface area (Å²) in [4.78, 5) is 55.1. The third kappa shape index (κ3) is 4.46. The monoisotopic (exact) mass is 501 g/mol. The van der Waals surface area contributed by atoms with E-state index in [1.807, 2.05) is 24.3 Å². The Kier molecular flexibility index (Phi) is 6.80. The third-order valence-electron chi connectivity index (χ3n) is 5.25. The normalized spacial score (nSPS) is 20.0. The highest BCUT2D eigenvalue weighted by molar-refractivity contribution is 8.05. The number of hydrogen-bond donors (Lipinski definition) is 3. The van der Waals surface area contributed by atoms with Crippen molar-refractivity contribution in [3.63, 3.8) is 0 Å². The standard InChI is InChI=1S/C22H19N3O7S2/c1-33-14-10-34-21-17(20(29)25(21)18(14)22(30)31)23-19(28)16(24-32-9-15(26)27)13-7-6-11-4-2-3-5-12(11)8-13/h2-8,17,21H,9-10H2,1H3,(H,23,28)(H,26,27)(H,30,31)/b24-16-/t17?,21-/m1/s1. The maximum atomic E-state index is 13.1. The molecule has 0 radical (unpaired) electrons. The number of hydrogen-bond acceptors (Lipinski definition) is 8. The molecule has 2 heterocycles. The van der Waals surface area contributed by atoms with Gasteiger partial charge in [-0.15, -0.1) is 23.5 Å². The second kappa shape index (κ2) is 9.77. The van der Waals surface area contributed by atoms with Crippen LogP contribution in [0.2, 0.25) is 0 Å². The van der Waals surface area contributed by atoms with Crippen molar-refractivity contribution >= 4 is 63.8 Å². The van der Waals surface area contributed by atoms with Crippen LogP contribution in [0.3, 0.4) is 0 Å². The molecule has 2 aromatic carbocycles. The first-order valence-corrected chi connectivity index (χ1v) is 12.3. The summed E-state index contributed by atoms with van der Waals surface area (Å²) in [5.74, 6) is -3.34. The molecule has 0 spiro atoms. The van der Waals surface area contributed by atoms with Crippen molar-refractivity contribution in [2.75, 3.05) is 18.6 Å². The highest BCUT2D eigenvalue weighted by Crippen LogP contribution is 2.42.